The van der Waals surface area contributed by atoms with Gasteiger partial charge in [-0.3, -0.25) is 9.59 Å². The maximum Gasteiger partial charge on any atom is 0.323 e. The first-order chi connectivity index (χ1) is 18.1. The fourth-order valence-corrected chi connectivity index (χ4v) is 5.45. The van der Waals surface area contributed by atoms with Crippen molar-refractivity contribution in [2.75, 3.05) is 0 Å². The Morgan fingerprint density at radius 3 is 1.70 bits per heavy atom. The van der Waals surface area contributed by atoms with Gasteiger partial charge < -0.3 is 15.2 Å². The molecule has 0 fully saturated rings. The number of hydrogen-bond acceptors (Lipinski definition) is 5. The van der Waals surface area contributed by atoms with Crippen LogP contribution in [0.1, 0.15) is 39.8 Å². The van der Waals surface area contributed by atoms with Crippen molar-refractivity contribution in [2.45, 2.75) is 38.5 Å². The first kappa shape index (κ1) is 23.2. The standard InChI is InChI=1S/C32H27NO4/c33-30(32(35)37-19-23-10-6-14-27-25-12-4-2-8-21(25)16-29(23)27)17-31(34)36-18-22-9-5-13-26-24-11-3-1-7-20(24)15-28(22)26/h1-14,30H,15-19,33H2/t30-/m0/s1. The maximum absolute atomic E-state index is 12.6. The zero-order chi connectivity index (χ0) is 25.4. The van der Waals surface area contributed by atoms with E-state index in [1.165, 1.54) is 44.5 Å². The van der Waals surface area contributed by atoms with Gasteiger partial charge in [0.25, 0.3) is 0 Å². The Kier molecular flexibility index (Phi) is 6.07. The molecule has 0 amide bonds. The topological polar surface area (TPSA) is 78.6 Å². The monoisotopic (exact) mass is 489 g/mol. The van der Waals surface area contributed by atoms with Gasteiger partial charge >= 0.3 is 11.9 Å². The van der Waals surface area contributed by atoms with Crippen LogP contribution in [0, 0.1) is 0 Å². The number of benzene rings is 4. The zero-order valence-electron chi connectivity index (χ0n) is 20.4. The average Bonchev–Trinajstić information content (AvgIpc) is 3.49. The van der Waals surface area contributed by atoms with Crippen LogP contribution in [-0.4, -0.2) is 18.0 Å². The Bertz CT molecular complexity index is 1520. The molecule has 0 aromatic heterocycles. The van der Waals surface area contributed by atoms with Gasteiger partial charge in [-0.05, 0) is 68.5 Å². The quantitative estimate of drug-likeness (QED) is 0.307. The molecule has 0 spiro atoms. The lowest BCUT2D eigenvalue weighted by molar-refractivity contribution is -0.153. The summed E-state index contributed by atoms with van der Waals surface area (Å²) in [7, 11) is 0. The summed E-state index contributed by atoms with van der Waals surface area (Å²) in [6, 6.07) is 27.6. The van der Waals surface area contributed by atoms with Crippen molar-refractivity contribution in [3.63, 3.8) is 0 Å². The third kappa shape index (κ3) is 4.43. The van der Waals surface area contributed by atoms with Gasteiger partial charge in [-0.2, -0.15) is 0 Å². The van der Waals surface area contributed by atoms with Gasteiger partial charge in [0, 0.05) is 0 Å². The molecule has 5 nitrogen and oxygen atoms in total. The van der Waals surface area contributed by atoms with Gasteiger partial charge in [-0.25, -0.2) is 0 Å². The normalized spacial score (nSPS) is 13.2. The van der Waals surface area contributed by atoms with Crippen LogP contribution in [0.4, 0.5) is 0 Å². The number of hydrogen-bond donors (Lipinski definition) is 1. The van der Waals surface area contributed by atoms with Crippen LogP contribution in [0.5, 0.6) is 0 Å². The van der Waals surface area contributed by atoms with Gasteiger partial charge in [0.1, 0.15) is 19.3 Å². The SMILES string of the molecule is N[C@@H](CC(=O)OCc1cccc2c1Cc1ccccc1-2)C(=O)OCc1cccc2c1Cc1ccccc1-2. The van der Waals surface area contributed by atoms with Crippen LogP contribution in [-0.2, 0) is 45.1 Å². The summed E-state index contributed by atoms with van der Waals surface area (Å²) in [5, 5.41) is 0. The number of ether oxygens (including phenoxy) is 2. The number of nitrogens with two attached hydrogens (primary N) is 1. The Hall–Kier alpha value is -4.22. The third-order valence-electron chi connectivity index (χ3n) is 7.34. The first-order valence-corrected chi connectivity index (χ1v) is 12.5. The van der Waals surface area contributed by atoms with E-state index in [9.17, 15) is 9.59 Å². The van der Waals surface area contributed by atoms with Gasteiger partial charge in [0.05, 0.1) is 6.42 Å². The number of carbonyl (C=O) groups is 2. The second kappa shape index (κ2) is 9.68. The average molecular weight is 490 g/mol. The molecule has 0 radical (unpaired) electrons. The predicted molar refractivity (Wildman–Crippen MR) is 142 cm³/mol. The molecule has 1 atom stereocenters. The molecule has 2 aliphatic carbocycles. The molecule has 6 rings (SSSR count). The van der Waals surface area contributed by atoms with Crippen LogP contribution in [0.25, 0.3) is 22.3 Å². The molecule has 4 aromatic carbocycles. The Balaban J connectivity index is 1.03. The Morgan fingerprint density at radius 2 is 1.14 bits per heavy atom. The fourth-order valence-electron chi connectivity index (χ4n) is 5.45. The van der Waals surface area contributed by atoms with Crippen molar-refractivity contribution < 1.29 is 19.1 Å². The summed E-state index contributed by atoms with van der Waals surface area (Å²) in [4.78, 5) is 25.1. The van der Waals surface area contributed by atoms with Gasteiger partial charge in [0.15, 0.2) is 0 Å². The molecule has 5 heteroatoms. The lowest BCUT2D eigenvalue weighted by Gasteiger charge is -2.14. The molecule has 2 aliphatic rings. The molecule has 2 N–H and O–H groups in total. The molecule has 184 valence electrons. The van der Waals surface area contributed by atoms with Crippen LogP contribution in [0.2, 0.25) is 0 Å². The summed E-state index contributed by atoms with van der Waals surface area (Å²) in [6.07, 6.45) is 1.40. The van der Waals surface area contributed by atoms with Crippen molar-refractivity contribution in [3.8, 4) is 22.3 Å². The van der Waals surface area contributed by atoms with Crippen LogP contribution in [0.15, 0.2) is 84.9 Å². The predicted octanol–water partition coefficient (Wildman–Crippen LogP) is 5.33. The highest BCUT2D eigenvalue weighted by molar-refractivity contribution is 5.83. The summed E-state index contributed by atoms with van der Waals surface area (Å²) in [6.45, 7) is 0.268. The Morgan fingerprint density at radius 1 is 0.649 bits per heavy atom. The highest BCUT2D eigenvalue weighted by Gasteiger charge is 2.24. The Labute approximate surface area is 215 Å². The molecule has 37 heavy (non-hydrogen) atoms. The largest absolute Gasteiger partial charge is 0.461 e. The number of fused-ring (bicyclic) bond motifs is 6. The zero-order valence-corrected chi connectivity index (χ0v) is 20.4. The van der Waals surface area contributed by atoms with E-state index < -0.39 is 18.0 Å². The minimum Gasteiger partial charge on any atom is -0.461 e. The van der Waals surface area contributed by atoms with E-state index >= 15 is 0 Å². The maximum atomic E-state index is 12.6. The van der Waals surface area contributed by atoms with E-state index in [4.69, 9.17) is 15.2 Å². The first-order valence-electron chi connectivity index (χ1n) is 12.5. The van der Waals surface area contributed by atoms with E-state index in [0.29, 0.717) is 0 Å². The molecule has 0 bridgehead atoms. The lowest BCUT2D eigenvalue weighted by atomic mass is 10.0. The van der Waals surface area contributed by atoms with Crippen molar-refractivity contribution in [3.05, 3.63) is 118 Å². The van der Waals surface area contributed by atoms with E-state index in [1.807, 2.05) is 48.5 Å². The minimum absolute atomic E-state index is 0.120. The van der Waals surface area contributed by atoms with Gasteiger partial charge in [-0.15, -0.1) is 0 Å². The molecular formula is C32H27NO4. The van der Waals surface area contributed by atoms with Gasteiger partial charge in [0.2, 0.25) is 0 Å². The second-order valence-electron chi connectivity index (χ2n) is 9.63. The van der Waals surface area contributed by atoms with Crippen LogP contribution < -0.4 is 5.73 Å². The fraction of sp³-hybridized carbons (Fsp3) is 0.188. The van der Waals surface area contributed by atoms with E-state index in [1.54, 1.807) is 0 Å². The van der Waals surface area contributed by atoms with Crippen LogP contribution >= 0.6 is 0 Å². The van der Waals surface area contributed by atoms with Crippen molar-refractivity contribution in [1.29, 1.82) is 0 Å². The number of carbonyl (C=O) groups excluding carboxylic acids is 2. The van der Waals surface area contributed by atoms with Crippen molar-refractivity contribution in [2.24, 2.45) is 5.73 Å². The summed E-state index contributed by atoms with van der Waals surface area (Å²) < 4.78 is 11.0. The molecule has 0 saturated carbocycles. The van der Waals surface area contributed by atoms with Crippen molar-refractivity contribution >= 4 is 11.9 Å². The molecule has 0 heterocycles. The summed E-state index contributed by atoms with van der Waals surface area (Å²) >= 11 is 0. The number of rotatable bonds is 7. The van der Waals surface area contributed by atoms with E-state index in [0.717, 1.165) is 24.0 Å². The molecule has 4 aromatic rings. The minimum atomic E-state index is -1.08. The molecule has 0 aliphatic heterocycles. The van der Waals surface area contributed by atoms with Crippen molar-refractivity contribution in [1.82, 2.24) is 0 Å². The second-order valence-corrected chi connectivity index (χ2v) is 9.63. The molecule has 0 unspecified atom stereocenters. The van der Waals surface area contributed by atoms with E-state index in [2.05, 4.69) is 36.4 Å². The summed E-state index contributed by atoms with van der Waals surface area (Å²) in [5.74, 6) is -1.13. The highest BCUT2D eigenvalue weighted by atomic mass is 16.5. The van der Waals surface area contributed by atoms with Crippen LogP contribution in [0.3, 0.4) is 0 Å². The van der Waals surface area contributed by atoms with E-state index in [-0.39, 0.29) is 19.6 Å². The number of esters is 2. The smallest absolute Gasteiger partial charge is 0.323 e. The lowest BCUT2D eigenvalue weighted by Crippen LogP contribution is -2.35. The summed E-state index contributed by atoms with van der Waals surface area (Å²) in [5.41, 5.74) is 17.6. The highest BCUT2D eigenvalue weighted by Crippen LogP contribution is 2.39. The third-order valence-corrected chi connectivity index (χ3v) is 7.34. The molecule has 0 saturated heterocycles. The molecular weight excluding hydrogens is 462 g/mol. The van der Waals surface area contributed by atoms with Gasteiger partial charge in [-0.1, -0.05) is 84.9 Å².